The lowest BCUT2D eigenvalue weighted by atomic mass is 10.2. The van der Waals surface area contributed by atoms with Crippen LogP contribution in [0.5, 0.6) is 0 Å². The van der Waals surface area contributed by atoms with Gasteiger partial charge in [-0.25, -0.2) is 0 Å². The van der Waals surface area contributed by atoms with Crippen molar-refractivity contribution >= 4 is 39.3 Å². The second kappa shape index (κ2) is 8.51. The topological polar surface area (TPSA) is 59.2 Å². The van der Waals surface area contributed by atoms with Crippen molar-refractivity contribution in [3.05, 3.63) is 59.1 Å². The summed E-state index contributed by atoms with van der Waals surface area (Å²) in [6, 6.07) is 17.3. The quantitative estimate of drug-likeness (QED) is 0.512. The molecular formula is C19H18BrN3O2S. The van der Waals surface area contributed by atoms with E-state index in [0.717, 1.165) is 15.7 Å². The number of benzene rings is 2. The highest BCUT2D eigenvalue weighted by Crippen LogP contribution is 2.29. The van der Waals surface area contributed by atoms with Gasteiger partial charge in [0.25, 0.3) is 5.22 Å². The summed E-state index contributed by atoms with van der Waals surface area (Å²) in [5.41, 5.74) is 1.71. The molecule has 2 aromatic carbocycles. The van der Waals surface area contributed by atoms with E-state index in [1.54, 1.807) is 4.90 Å². The van der Waals surface area contributed by atoms with E-state index in [2.05, 4.69) is 26.1 Å². The van der Waals surface area contributed by atoms with E-state index < -0.39 is 0 Å². The third-order valence-corrected chi connectivity index (χ3v) is 5.14. The van der Waals surface area contributed by atoms with Gasteiger partial charge >= 0.3 is 0 Å². The van der Waals surface area contributed by atoms with Crippen molar-refractivity contribution in [3.63, 3.8) is 0 Å². The molecule has 0 N–H and O–H groups in total. The van der Waals surface area contributed by atoms with Crippen LogP contribution in [0.2, 0.25) is 0 Å². The van der Waals surface area contributed by atoms with E-state index in [-0.39, 0.29) is 17.7 Å². The van der Waals surface area contributed by atoms with Crippen molar-refractivity contribution in [1.29, 1.82) is 0 Å². The van der Waals surface area contributed by atoms with Crippen LogP contribution in [0.25, 0.3) is 11.5 Å². The normalized spacial score (nSPS) is 10.9. The van der Waals surface area contributed by atoms with E-state index in [9.17, 15) is 4.79 Å². The highest BCUT2D eigenvalue weighted by Gasteiger charge is 2.20. The van der Waals surface area contributed by atoms with Crippen molar-refractivity contribution < 1.29 is 9.21 Å². The summed E-state index contributed by atoms with van der Waals surface area (Å²) < 4.78 is 6.57. The zero-order valence-electron chi connectivity index (χ0n) is 14.4. The molecule has 0 spiro atoms. The van der Waals surface area contributed by atoms with Gasteiger partial charge in [0.15, 0.2) is 0 Å². The molecule has 0 atom stereocenters. The maximum Gasteiger partial charge on any atom is 0.277 e. The molecule has 7 heteroatoms. The van der Waals surface area contributed by atoms with Crippen molar-refractivity contribution in [2.75, 3.05) is 10.7 Å². The fraction of sp³-hybridized carbons (Fsp3) is 0.211. The summed E-state index contributed by atoms with van der Waals surface area (Å²) in [6.07, 6.45) is 0. The minimum absolute atomic E-state index is 0.00292. The summed E-state index contributed by atoms with van der Waals surface area (Å²) in [6.45, 7) is 3.99. The van der Waals surface area contributed by atoms with Gasteiger partial charge in [-0.1, -0.05) is 42.1 Å². The number of carbonyl (C=O) groups excluding carboxylic acids is 1. The van der Waals surface area contributed by atoms with E-state index in [0.29, 0.717) is 11.1 Å². The van der Waals surface area contributed by atoms with Gasteiger partial charge in [0.1, 0.15) is 0 Å². The third-order valence-electron chi connectivity index (χ3n) is 3.65. The molecule has 1 aromatic heterocycles. The molecule has 3 aromatic rings. The predicted octanol–water partition coefficient (Wildman–Crippen LogP) is 5.03. The summed E-state index contributed by atoms with van der Waals surface area (Å²) in [5, 5.41) is 8.48. The van der Waals surface area contributed by atoms with Gasteiger partial charge in [0.2, 0.25) is 11.8 Å². The number of para-hydroxylation sites is 1. The minimum Gasteiger partial charge on any atom is -0.411 e. The summed E-state index contributed by atoms with van der Waals surface area (Å²) >= 11 is 4.71. The van der Waals surface area contributed by atoms with Crippen molar-refractivity contribution in [1.82, 2.24) is 10.2 Å². The average Bonchev–Trinajstić information content (AvgIpc) is 3.10. The first-order chi connectivity index (χ1) is 12.6. The molecule has 134 valence electrons. The molecule has 5 nitrogen and oxygen atoms in total. The zero-order valence-corrected chi connectivity index (χ0v) is 16.8. The Morgan fingerprint density at radius 3 is 2.50 bits per heavy atom. The number of rotatable bonds is 6. The van der Waals surface area contributed by atoms with Crippen LogP contribution in [0.4, 0.5) is 5.69 Å². The van der Waals surface area contributed by atoms with Crippen LogP contribution in [0.3, 0.4) is 0 Å². The number of thioether (sulfide) groups is 1. The van der Waals surface area contributed by atoms with Gasteiger partial charge in [-0.05, 0) is 54.0 Å². The molecule has 0 radical (unpaired) electrons. The lowest BCUT2D eigenvalue weighted by Gasteiger charge is -2.26. The molecule has 0 unspecified atom stereocenters. The van der Waals surface area contributed by atoms with Crippen LogP contribution in [0.15, 0.2) is 68.7 Å². The fourth-order valence-electron chi connectivity index (χ4n) is 2.52. The van der Waals surface area contributed by atoms with Gasteiger partial charge < -0.3 is 9.32 Å². The number of anilines is 1. The van der Waals surface area contributed by atoms with Crippen molar-refractivity contribution in [2.24, 2.45) is 0 Å². The zero-order chi connectivity index (χ0) is 18.5. The van der Waals surface area contributed by atoms with E-state index in [4.69, 9.17) is 4.42 Å². The Morgan fingerprint density at radius 2 is 1.81 bits per heavy atom. The van der Waals surface area contributed by atoms with Gasteiger partial charge in [-0.15, -0.1) is 10.2 Å². The molecule has 0 saturated heterocycles. The standard InChI is InChI=1S/C19H18BrN3O2S/c1-13(2)23(14-8-4-3-5-9-14)17(24)12-26-19-22-21-18(25-19)15-10-6-7-11-16(15)20/h3-11,13H,12H2,1-2H3. The molecule has 0 aliphatic heterocycles. The third kappa shape index (κ3) is 4.34. The van der Waals surface area contributed by atoms with Crippen LogP contribution in [-0.4, -0.2) is 27.9 Å². The molecule has 1 amide bonds. The van der Waals surface area contributed by atoms with Crippen molar-refractivity contribution in [2.45, 2.75) is 25.1 Å². The molecular weight excluding hydrogens is 414 g/mol. The molecule has 0 saturated carbocycles. The molecule has 3 rings (SSSR count). The molecule has 0 bridgehead atoms. The molecule has 1 heterocycles. The van der Waals surface area contributed by atoms with Gasteiger partial charge in [-0.2, -0.15) is 0 Å². The number of aromatic nitrogens is 2. The van der Waals surface area contributed by atoms with Gasteiger partial charge in [-0.3, -0.25) is 4.79 Å². The number of hydrogen-bond donors (Lipinski definition) is 0. The monoisotopic (exact) mass is 431 g/mol. The number of nitrogens with zero attached hydrogens (tertiary/aromatic N) is 3. The Hall–Kier alpha value is -2.12. The Kier molecular flexibility index (Phi) is 6.11. The largest absolute Gasteiger partial charge is 0.411 e. The summed E-state index contributed by atoms with van der Waals surface area (Å²) in [5.74, 6) is 0.651. The average molecular weight is 432 g/mol. The lowest BCUT2D eigenvalue weighted by molar-refractivity contribution is -0.116. The lowest BCUT2D eigenvalue weighted by Crippen LogP contribution is -2.38. The molecule has 0 fully saturated rings. The molecule has 0 aliphatic rings. The highest BCUT2D eigenvalue weighted by molar-refractivity contribution is 9.10. The second-order valence-electron chi connectivity index (χ2n) is 5.83. The molecule has 26 heavy (non-hydrogen) atoms. The first kappa shape index (κ1) is 18.7. The number of amides is 1. The molecule has 0 aliphatic carbocycles. The van der Waals surface area contributed by atoms with E-state index >= 15 is 0 Å². The first-order valence-corrected chi connectivity index (χ1v) is 9.92. The number of halogens is 1. The predicted molar refractivity (Wildman–Crippen MR) is 107 cm³/mol. The SMILES string of the molecule is CC(C)N(C(=O)CSc1nnc(-c2ccccc2Br)o1)c1ccccc1. The van der Waals surface area contributed by atoms with E-state index in [1.807, 2.05) is 68.4 Å². The van der Waals surface area contributed by atoms with Crippen LogP contribution >= 0.6 is 27.7 Å². The van der Waals surface area contributed by atoms with Gasteiger partial charge in [0.05, 0.1) is 11.3 Å². The Labute approximate surface area is 164 Å². The number of carbonyl (C=O) groups is 1. The maximum absolute atomic E-state index is 12.7. The smallest absolute Gasteiger partial charge is 0.277 e. The Balaban J connectivity index is 1.69. The number of hydrogen-bond acceptors (Lipinski definition) is 5. The summed E-state index contributed by atoms with van der Waals surface area (Å²) in [4.78, 5) is 14.5. The van der Waals surface area contributed by atoms with Crippen LogP contribution in [0, 0.1) is 0 Å². The van der Waals surface area contributed by atoms with Crippen molar-refractivity contribution in [3.8, 4) is 11.5 Å². The second-order valence-corrected chi connectivity index (χ2v) is 7.62. The van der Waals surface area contributed by atoms with E-state index in [1.165, 1.54) is 11.8 Å². The Morgan fingerprint density at radius 1 is 1.12 bits per heavy atom. The van der Waals surface area contributed by atoms with Gasteiger partial charge in [0, 0.05) is 16.2 Å². The Bertz CT molecular complexity index is 883. The van der Waals surface area contributed by atoms with Crippen LogP contribution in [-0.2, 0) is 4.79 Å². The summed E-state index contributed by atoms with van der Waals surface area (Å²) in [7, 11) is 0. The van der Waals surface area contributed by atoms with Crippen LogP contribution in [0.1, 0.15) is 13.8 Å². The fourth-order valence-corrected chi connectivity index (χ4v) is 3.60. The van der Waals surface area contributed by atoms with Crippen LogP contribution < -0.4 is 4.90 Å². The minimum atomic E-state index is -0.00292. The maximum atomic E-state index is 12.7. The highest BCUT2D eigenvalue weighted by atomic mass is 79.9. The first-order valence-electron chi connectivity index (χ1n) is 8.14.